The highest BCUT2D eigenvalue weighted by Gasteiger charge is 2.22. The maximum absolute atomic E-state index is 5.53. The van der Waals surface area contributed by atoms with Crippen molar-refractivity contribution < 1.29 is 9.26 Å². The molecule has 0 spiro atoms. The molecule has 0 radical (unpaired) electrons. The highest BCUT2D eigenvalue weighted by molar-refractivity contribution is 7.22. The van der Waals surface area contributed by atoms with Crippen LogP contribution in [0.15, 0.2) is 28.8 Å². The maximum Gasteiger partial charge on any atom is 0.268 e. The number of benzene rings is 1. The topological polar surface area (TPSA) is 51.4 Å². The summed E-state index contributed by atoms with van der Waals surface area (Å²) < 4.78 is 12.2. The van der Waals surface area contributed by atoms with Crippen molar-refractivity contribution in [3.8, 4) is 10.8 Å². The summed E-state index contributed by atoms with van der Waals surface area (Å²) in [6.45, 7) is 1.56. The number of hydrogen-bond acceptors (Lipinski definition) is 6. The predicted molar refractivity (Wildman–Crippen MR) is 92.2 cm³/mol. The van der Waals surface area contributed by atoms with Crippen molar-refractivity contribution in [1.29, 1.82) is 0 Å². The van der Waals surface area contributed by atoms with Crippen molar-refractivity contribution in [1.82, 2.24) is 10.1 Å². The monoisotopic (exact) mass is 329 g/mol. The Kier molecular flexibility index (Phi) is 3.79. The Labute approximate surface area is 138 Å². The van der Waals surface area contributed by atoms with Crippen molar-refractivity contribution in [2.45, 2.75) is 18.8 Å². The molecular formula is C17H19N3O2S. The average molecular weight is 329 g/mol. The summed E-state index contributed by atoms with van der Waals surface area (Å²) in [6.07, 6.45) is 1.94. The van der Waals surface area contributed by atoms with Crippen LogP contribution >= 0.6 is 11.3 Å². The minimum Gasteiger partial charge on any atom is -0.381 e. The third-order valence-corrected chi connectivity index (χ3v) is 5.35. The average Bonchev–Trinajstić information content (AvgIpc) is 3.21. The molecule has 2 aromatic heterocycles. The van der Waals surface area contributed by atoms with E-state index in [1.165, 1.54) is 15.8 Å². The predicted octanol–water partition coefficient (Wildman–Crippen LogP) is 3.91. The summed E-state index contributed by atoms with van der Waals surface area (Å²) >= 11 is 1.69. The normalized spacial score (nSPS) is 16.1. The number of anilines is 1. The summed E-state index contributed by atoms with van der Waals surface area (Å²) in [5.41, 5.74) is 1.20. The van der Waals surface area contributed by atoms with Crippen molar-refractivity contribution in [2.75, 3.05) is 32.2 Å². The molecule has 1 saturated heterocycles. The van der Waals surface area contributed by atoms with Crippen LogP contribution in [0.1, 0.15) is 24.6 Å². The van der Waals surface area contributed by atoms with Crippen LogP contribution in [-0.2, 0) is 4.74 Å². The molecule has 0 bridgehead atoms. The molecule has 4 rings (SSSR count). The lowest BCUT2D eigenvalue weighted by Crippen LogP contribution is -2.15. The third kappa shape index (κ3) is 2.72. The van der Waals surface area contributed by atoms with E-state index in [-0.39, 0.29) is 0 Å². The van der Waals surface area contributed by atoms with Crippen LogP contribution in [-0.4, -0.2) is 37.4 Å². The zero-order chi connectivity index (χ0) is 15.8. The van der Waals surface area contributed by atoms with E-state index in [2.05, 4.69) is 53.4 Å². The van der Waals surface area contributed by atoms with Gasteiger partial charge in [0, 0.05) is 49.0 Å². The minimum atomic E-state index is 0.355. The molecule has 5 nitrogen and oxygen atoms in total. The second-order valence-electron chi connectivity index (χ2n) is 6.04. The number of nitrogens with zero attached hydrogens (tertiary/aromatic N) is 3. The standard InChI is InChI=1S/C17H19N3O2S/c1-20(2)13-4-3-5-14-12(13)10-15(23-14)17-18-16(19-22-17)11-6-8-21-9-7-11/h3-5,10-11H,6-9H2,1-2H3. The molecule has 3 heterocycles. The van der Waals surface area contributed by atoms with Gasteiger partial charge in [0.05, 0.1) is 4.88 Å². The first-order chi connectivity index (χ1) is 11.2. The first-order valence-electron chi connectivity index (χ1n) is 7.84. The van der Waals surface area contributed by atoms with Gasteiger partial charge in [-0.1, -0.05) is 11.2 Å². The molecule has 120 valence electrons. The zero-order valence-corrected chi connectivity index (χ0v) is 14.1. The third-order valence-electron chi connectivity index (χ3n) is 4.26. The van der Waals surface area contributed by atoms with E-state index in [9.17, 15) is 0 Å². The second-order valence-corrected chi connectivity index (χ2v) is 7.12. The Morgan fingerprint density at radius 3 is 2.83 bits per heavy atom. The van der Waals surface area contributed by atoms with E-state index in [1.807, 2.05) is 0 Å². The van der Waals surface area contributed by atoms with E-state index in [1.54, 1.807) is 11.3 Å². The van der Waals surface area contributed by atoms with Crippen molar-refractivity contribution in [2.24, 2.45) is 0 Å². The Morgan fingerprint density at radius 1 is 1.22 bits per heavy atom. The molecule has 1 fully saturated rings. The van der Waals surface area contributed by atoms with Gasteiger partial charge in [0.15, 0.2) is 5.82 Å². The van der Waals surface area contributed by atoms with Crippen LogP contribution in [0.4, 0.5) is 5.69 Å². The van der Waals surface area contributed by atoms with Gasteiger partial charge < -0.3 is 14.2 Å². The summed E-state index contributed by atoms with van der Waals surface area (Å²) in [5.74, 6) is 1.79. The molecular weight excluding hydrogens is 310 g/mol. The Morgan fingerprint density at radius 2 is 2.04 bits per heavy atom. The van der Waals surface area contributed by atoms with Gasteiger partial charge >= 0.3 is 0 Å². The molecule has 0 atom stereocenters. The number of ether oxygens (including phenoxy) is 1. The first kappa shape index (κ1) is 14.7. The van der Waals surface area contributed by atoms with Crippen LogP contribution in [0.5, 0.6) is 0 Å². The number of aromatic nitrogens is 2. The Bertz CT molecular complexity index is 818. The van der Waals surface area contributed by atoms with Gasteiger partial charge in [0.1, 0.15) is 0 Å². The SMILES string of the molecule is CN(C)c1cccc2sc(-c3nc(C4CCOCC4)no3)cc12. The lowest BCUT2D eigenvalue weighted by molar-refractivity contribution is 0.0830. The summed E-state index contributed by atoms with van der Waals surface area (Å²) in [7, 11) is 4.12. The fraction of sp³-hybridized carbons (Fsp3) is 0.412. The van der Waals surface area contributed by atoms with E-state index < -0.39 is 0 Å². The zero-order valence-electron chi connectivity index (χ0n) is 13.3. The molecule has 0 saturated carbocycles. The number of rotatable bonds is 3. The van der Waals surface area contributed by atoms with Crippen molar-refractivity contribution >= 4 is 27.1 Å². The molecule has 1 aliphatic rings. The van der Waals surface area contributed by atoms with Crippen LogP contribution in [0, 0.1) is 0 Å². The number of thiophene rings is 1. The van der Waals surface area contributed by atoms with E-state index in [4.69, 9.17) is 9.26 Å². The number of hydrogen-bond donors (Lipinski definition) is 0. The van der Waals surface area contributed by atoms with E-state index in [0.29, 0.717) is 11.8 Å². The molecule has 1 aliphatic heterocycles. The number of fused-ring (bicyclic) bond motifs is 1. The Balaban J connectivity index is 1.69. The Hall–Kier alpha value is -1.92. The van der Waals surface area contributed by atoms with Crippen molar-refractivity contribution in [3.05, 3.63) is 30.1 Å². The molecule has 6 heteroatoms. The highest BCUT2D eigenvalue weighted by Crippen LogP contribution is 2.37. The summed E-state index contributed by atoms with van der Waals surface area (Å²) in [4.78, 5) is 7.79. The van der Waals surface area contributed by atoms with Gasteiger partial charge in [-0.15, -0.1) is 11.3 Å². The summed E-state index contributed by atoms with van der Waals surface area (Å²) in [5, 5.41) is 5.42. The quantitative estimate of drug-likeness (QED) is 0.729. The van der Waals surface area contributed by atoms with Crippen molar-refractivity contribution in [3.63, 3.8) is 0 Å². The molecule has 0 amide bonds. The first-order valence-corrected chi connectivity index (χ1v) is 8.65. The fourth-order valence-corrected chi connectivity index (χ4v) is 4.00. The van der Waals surface area contributed by atoms with Gasteiger partial charge in [-0.3, -0.25) is 0 Å². The molecule has 0 N–H and O–H groups in total. The lowest BCUT2D eigenvalue weighted by atomic mass is 10.00. The molecule has 23 heavy (non-hydrogen) atoms. The fourth-order valence-electron chi connectivity index (χ4n) is 3.00. The maximum atomic E-state index is 5.53. The largest absolute Gasteiger partial charge is 0.381 e. The highest BCUT2D eigenvalue weighted by atomic mass is 32.1. The van der Waals surface area contributed by atoms with Crippen LogP contribution in [0.3, 0.4) is 0 Å². The van der Waals surface area contributed by atoms with Gasteiger partial charge in [-0.2, -0.15) is 4.98 Å². The van der Waals surface area contributed by atoms with Crippen LogP contribution in [0.25, 0.3) is 20.9 Å². The van der Waals surface area contributed by atoms with Crippen LogP contribution in [0.2, 0.25) is 0 Å². The van der Waals surface area contributed by atoms with Crippen LogP contribution < -0.4 is 4.90 Å². The molecule has 3 aromatic rings. The molecule has 0 unspecified atom stereocenters. The van der Waals surface area contributed by atoms with Gasteiger partial charge in [-0.25, -0.2) is 0 Å². The molecule has 0 aliphatic carbocycles. The van der Waals surface area contributed by atoms with Gasteiger partial charge in [0.2, 0.25) is 0 Å². The van der Waals surface area contributed by atoms with Gasteiger partial charge in [-0.05, 0) is 31.0 Å². The lowest BCUT2D eigenvalue weighted by Gasteiger charge is -2.18. The van der Waals surface area contributed by atoms with E-state index >= 15 is 0 Å². The molecule has 1 aromatic carbocycles. The minimum absolute atomic E-state index is 0.355. The summed E-state index contributed by atoms with van der Waals surface area (Å²) in [6, 6.07) is 8.49. The van der Waals surface area contributed by atoms with Gasteiger partial charge in [0.25, 0.3) is 5.89 Å². The second kappa shape index (κ2) is 5.94. The smallest absolute Gasteiger partial charge is 0.268 e. The van der Waals surface area contributed by atoms with E-state index in [0.717, 1.165) is 36.8 Å².